The summed E-state index contributed by atoms with van der Waals surface area (Å²) in [6.07, 6.45) is 5.18. The van der Waals surface area contributed by atoms with Gasteiger partial charge in [0.05, 0.1) is 0 Å². The topological polar surface area (TPSA) is 33.2 Å². The van der Waals surface area contributed by atoms with Gasteiger partial charge in [0.25, 0.3) is 0 Å². The first-order valence-corrected chi connectivity index (χ1v) is 6.83. The molecule has 1 fully saturated rings. The summed E-state index contributed by atoms with van der Waals surface area (Å²) in [5.41, 5.74) is 0.608. The van der Waals surface area contributed by atoms with Gasteiger partial charge in [0, 0.05) is 24.9 Å². The highest BCUT2D eigenvalue weighted by molar-refractivity contribution is 7.13. The van der Waals surface area contributed by atoms with Crippen LogP contribution < -0.4 is 4.90 Å². The van der Waals surface area contributed by atoms with Crippen molar-refractivity contribution in [3.63, 3.8) is 0 Å². The minimum absolute atomic E-state index is 0.0602. The Morgan fingerprint density at radius 3 is 2.75 bits per heavy atom. The van der Waals surface area contributed by atoms with E-state index in [0.29, 0.717) is 11.7 Å². The molecule has 1 aromatic heterocycles. The lowest BCUT2D eigenvalue weighted by Crippen LogP contribution is -2.32. The highest BCUT2D eigenvalue weighted by atomic mass is 32.1. The third-order valence-corrected chi connectivity index (χ3v) is 4.08. The number of hydrogen-bond acceptors (Lipinski definition) is 4. The largest absolute Gasteiger partial charge is 0.345 e. The second kappa shape index (κ2) is 4.95. The first-order valence-electron chi connectivity index (χ1n) is 5.95. The van der Waals surface area contributed by atoms with E-state index in [0.717, 1.165) is 11.7 Å². The van der Waals surface area contributed by atoms with Gasteiger partial charge in [-0.2, -0.15) is 0 Å². The molecule has 0 unspecified atom stereocenters. The summed E-state index contributed by atoms with van der Waals surface area (Å²) in [4.78, 5) is 18.0. The quantitative estimate of drug-likeness (QED) is 0.756. The molecule has 0 aliphatic heterocycles. The second-order valence-corrected chi connectivity index (χ2v) is 5.13. The summed E-state index contributed by atoms with van der Waals surface area (Å²) in [6, 6.07) is 0.635. The highest BCUT2D eigenvalue weighted by Crippen LogP contribution is 2.30. The summed E-state index contributed by atoms with van der Waals surface area (Å²) in [7, 11) is 0. The number of carbonyl (C=O) groups excluding carboxylic acids is 1. The molecule has 1 aliphatic rings. The number of ketones is 1. The van der Waals surface area contributed by atoms with E-state index in [-0.39, 0.29) is 5.78 Å². The van der Waals surface area contributed by atoms with Crippen LogP contribution in [0.15, 0.2) is 5.38 Å². The summed E-state index contributed by atoms with van der Waals surface area (Å²) >= 11 is 1.59. The molecule has 2 rings (SSSR count). The first-order chi connectivity index (χ1) is 7.72. The second-order valence-electron chi connectivity index (χ2n) is 4.30. The van der Waals surface area contributed by atoms with Crippen LogP contribution in [-0.4, -0.2) is 23.4 Å². The van der Waals surface area contributed by atoms with Crippen molar-refractivity contribution in [2.75, 3.05) is 11.4 Å². The Hall–Kier alpha value is -0.900. The van der Waals surface area contributed by atoms with E-state index in [1.165, 1.54) is 25.7 Å². The molecular weight excluding hydrogens is 220 g/mol. The van der Waals surface area contributed by atoms with Crippen LogP contribution in [0, 0.1) is 0 Å². The van der Waals surface area contributed by atoms with Crippen LogP contribution in [0.4, 0.5) is 5.13 Å². The lowest BCUT2D eigenvalue weighted by Gasteiger charge is -2.26. The zero-order valence-electron chi connectivity index (χ0n) is 9.90. The Morgan fingerprint density at radius 2 is 2.25 bits per heavy atom. The zero-order valence-corrected chi connectivity index (χ0v) is 10.7. The van der Waals surface area contributed by atoms with Gasteiger partial charge in [-0.3, -0.25) is 4.79 Å². The van der Waals surface area contributed by atoms with E-state index in [1.807, 2.05) is 5.38 Å². The van der Waals surface area contributed by atoms with Gasteiger partial charge in [-0.1, -0.05) is 12.8 Å². The van der Waals surface area contributed by atoms with Crippen molar-refractivity contribution in [1.82, 2.24) is 4.98 Å². The third kappa shape index (κ3) is 2.26. The summed E-state index contributed by atoms with van der Waals surface area (Å²) < 4.78 is 0. The normalized spacial score (nSPS) is 16.6. The minimum atomic E-state index is 0.0602. The SMILES string of the molecule is CCN(c1nc(C(C)=O)cs1)C1CCCC1. The predicted octanol–water partition coefficient (Wildman–Crippen LogP) is 3.11. The Balaban J connectivity index is 2.15. The molecule has 0 aromatic carbocycles. The fourth-order valence-corrected chi connectivity index (χ4v) is 3.32. The zero-order chi connectivity index (χ0) is 11.5. The molecule has 16 heavy (non-hydrogen) atoms. The van der Waals surface area contributed by atoms with Gasteiger partial charge in [-0.15, -0.1) is 11.3 Å². The van der Waals surface area contributed by atoms with Gasteiger partial charge < -0.3 is 4.90 Å². The van der Waals surface area contributed by atoms with Crippen molar-refractivity contribution in [1.29, 1.82) is 0 Å². The maximum atomic E-state index is 11.2. The molecule has 0 N–H and O–H groups in total. The van der Waals surface area contributed by atoms with E-state index in [2.05, 4.69) is 16.8 Å². The molecule has 1 aromatic rings. The summed E-state index contributed by atoms with van der Waals surface area (Å²) in [6.45, 7) is 4.72. The fraction of sp³-hybridized carbons (Fsp3) is 0.667. The van der Waals surface area contributed by atoms with Crippen LogP contribution in [-0.2, 0) is 0 Å². The number of thiazole rings is 1. The lowest BCUT2D eigenvalue weighted by molar-refractivity contribution is 0.101. The van der Waals surface area contributed by atoms with Gasteiger partial charge in [0.15, 0.2) is 10.9 Å². The third-order valence-electron chi connectivity index (χ3n) is 3.20. The average Bonchev–Trinajstić information content (AvgIpc) is 2.88. The number of anilines is 1. The number of nitrogens with zero attached hydrogens (tertiary/aromatic N) is 2. The van der Waals surface area contributed by atoms with Crippen molar-refractivity contribution >= 4 is 22.3 Å². The van der Waals surface area contributed by atoms with E-state index in [9.17, 15) is 4.79 Å². The molecule has 0 amide bonds. The minimum Gasteiger partial charge on any atom is -0.345 e. The van der Waals surface area contributed by atoms with Crippen LogP contribution in [0.3, 0.4) is 0 Å². The van der Waals surface area contributed by atoms with Crippen LogP contribution >= 0.6 is 11.3 Å². The monoisotopic (exact) mass is 238 g/mol. The maximum Gasteiger partial charge on any atom is 0.186 e. The first kappa shape index (κ1) is 11.6. The van der Waals surface area contributed by atoms with E-state index in [4.69, 9.17) is 0 Å². The van der Waals surface area contributed by atoms with Crippen LogP contribution in [0.25, 0.3) is 0 Å². The van der Waals surface area contributed by atoms with Crippen molar-refractivity contribution in [2.24, 2.45) is 0 Å². The van der Waals surface area contributed by atoms with Gasteiger partial charge in [-0.05, 0) is 19.8 Å². The van der Waals surface area contributed by atoms with E-state index >= 15 is 0 Å². The summed E-state index contributed by atoms with van der Waals surface area (Å²) in [5, 5.41) is 2.88. The number of hydrogen-bond donors (Lipinski definition) is 0. The molecule has 1 saturated carbocycles. The Morgan fingerprint density at radius 1 is 1.56 bits per heavy atom. The van der Waals surface area contributed by atoms with Crippen LogP contribution in [0.1, 0.15) is 50.0 Å². The molecule has 0 spiro atoms. The van der Waals surface area contributed by atoms with E-state index in [1.54, 1.807) is 18.3 Å². The molecule has 0 radical (unpaired) electrons. The Bertz CT molecular complexity index is 369. The summed E-state index contributed by atoms with van der Waals surface area (Å²) in [5.74, 6) is 0.0602. The molecule has 4 heteroatoms. The molecule has 1 aliphatic carbocycles. The molecule has 88 valence electrons. The van der Waals surface area contributed by atoms with Gasteiger partial charge in [0.2, 0.25) is 0 Å². The van der Waals surface area contributed by atoms with E-state index < -0.39 is 0 Å². The predicted molar refractivity (Wildman–Crippen MR) is 67.4 cm³/mol. The standard InChI is InChI=1S/C12H18N2OS/c1-3-14(10-6-4-5-7-10)12-13-11(8-16-12)9(2)15/h8,10H,3-7H2,1-2H3. The van der Waals surface area contributed by atoms with Gasteiger partial charge >= 0.3 is 0 Å². The molecule has 1 heterocycles. The van der Waals surface area contributed by atoms with Crippen molar-refractivity contribution in [2.45, 2.75) is 45.6 Å². The fourth-order valence-electron chi connectivity index (χ4n) is 2.32. The van der Waals surface area contributed by atoms with Crippen molar-refractivity contribution < 1.29 is 4.79 Å². The van der Waals surface area contributed by atoms with Crippen molar-refractivity contribution in [3.05, 3.63) is 11.1 Å². The molecule has 0 bridgehead atoms. The molecule has 0 atom stereocenters. The number of Topliss-reactive ketones (excluding diaryl/α,β-unsaturated/α-hetero) is 1. The maximum absolute atomic E-state index is 11.2. The number of carbonyl (C=O) groups is 1. The smallest absolute Gasteiger partial charge is 0.186 e. The number of aromatic nitrogens is 1. The highest BCUT2D eigenvalue weighted by Gasteiger charge is 2.23. The Labute approximate surface area is 100 Å². The van der Waals surface area contributed by atoms with Crippen LogP contribution in [0.5, 0.6) is 0 Å². The van der Waals surface area contributed by atoms with Crippen LogP contribution in [0.2, 0.25) is 0 Å². The molecule has 0 saturated heterocycles. The average molecular weight is 238 g/mol. The van der Waals surface area contributed by atoms with Crippen molar-refractivity contribution in [3.8, 4) is 0 Å². The lowest BCUT2D eigenvalue weighted by atomic mass is 10.2. The van der Waals surface area contributed by atoms with Gasteiger partial charge in [-0.25, -0.2) is 4.98 Å². The Kier molecular flexibility index (Phi) is 3.59. The number of rotatable bonds is 4. The molecular formula is C12H18N2OS. The molecule has 3 nitrogen and oxygen atoms in total. The van der Waals surface area contributed by atoms with Gasteiger partial charge in [0.1, 0.15) is 5.69 Å².